The molecule has 1 atom stereocenters. The second-order valence-electron chi connectivity index (χ2n) is 6.24. The Bertz CT molecular complexity index is 654. The van der Waals surface area contributed by atoms with Gasteiger partial charge in [0, 0.05) is 42.9 Å². The van der Waals surface area contributed by atoms with E-state index in [4.69, 9.17) is 0 Å². The van der Waals surface area contributed by atoms with Gasteiger partial charge < -0.3 is 0 Å². The van der Waals surface area contributed by atoms with Crippen LogP contribution < -0.4 is 0 Å². The van der Waals surface area contributed by atoms with Crippen LogP contribution in [0.4, 0.5) is 13.2 Å². The zero-order valence-electron chi connectivity index (χ0n) is 15.4. The lowest BCUT2D eigenvalue weighted by molar-refractivity contribution is -0.147. The van der Waals surface area contributed by atoms with E-state index in [-0.39, 0.29) is 12.2 Å². The maximum absolute atomic E-state index is 12.1. The standard InChI is InChI=1S/C10H17F3O.C9H9N3/c1-3-5-8(6-9(14)4-2)7-10(11,12)13;1-7-6-9(12-11-7)8-2-4-10-5-3-8/h8H,3-7H2,1-2H3;2-6H,1H3,(H,11,12). The average Bonchev–Trinajstić information content (AvgIpc) is 3.01. The molecule has 2 aromatic heterocycles. The van der Waals surface area contributed by atoms with Gasteiger partial charge in [0.1, 0.15) is 5.78 Å². The lowest BCUT2D eigenvalue weighted by Gasteiger charge is -2.16. The van der Waals surface area contributed by atoms with Crippen molar-refractivity contribution in [2.24, 2.45) is 5.92 Å². The Balaban J connectivity index is 0.000000262. The van der Waals surface area contributed by atoms with E-state index in [0.717, 1.165) is 17.0 Å². The molecule has 26 heavy (non-hydrogen) atoms. The number of aromatic amines is 1. The monoisotopic (exact) mass is 369 g/mol. The van der Waals surface area contributed by atoms with Crippen LogP contribution in [-0.2, 0) is 4.79 Å². The Morgan fingerprint density at radius 2 is 1.88 bits per heavy atom. The number of carbonyl (C=O) groups excluding carboxylic acids is 1. The second kappa shape index (κ2) is 10.7. The molecule has 1 N–H and O–H groups in total. The third-order valence-corrected chi connectivity index (χ3v) is 3.81. The minimum atomic E-state index is -4.14. The van der Waals surface area contributed by atoms with Gasteiger partial charge in [-0.25, -0.2) is 0 Å². The molecule has 7 heteroatoms. The first kappa shape index (κ1) is 21.9. The number of Topliss-reactive ketones (excluding diaryl/α,β-unsaturated/α-hetero) is 1. The van der Waals surface area contributed by atoms with Crippen LogP contribution in [0.2, 0.25) is 0 Å². The van der Waals surface area contributed by atoms with Crippen LogP contribution in [0, 0.1) is 12.8 Å². The first-order chi connectivity index (χ1) is 12.2. The van der Waals surface area contributed by atoms with Crippen molar-refractivity contribution in [3.8, 4) is 11.3 Å². The van der Waals surface area contributed by atoms with Crippen LogP contribution in [-0.4, -0.2) is 27.1 Å². The van der Waals surface area contributed by atoms with Crippen molar-refractivity contribution in [3.63, 3.8) is 0 Å². The summed E-state index contributed by atoms with van der Waals surface area (Å²) in [6, 6.07) is 5.89. The Morgan fingerprint density at radius 1 is 1.23 bits per heavy atom. The van der Waals surface area contributed by atoms with Gasteiger partial charge in [-0.2, -0.15) is 18.3 Å². The maximum atomic E-state index is 12.1. The summed E-state index contributed by atoms with van der Waals surface area (Å²) in [5, 5.41) is 7.03. The summed E-state index contributed by atoms with van der Waals surface area (Å²) in [4.78, 5) is 15.0. The van der Waals surface area contributed by atoms with Crippen LogP contribution >= 0.6 is 0 Å². The molecule has 0 saturated heterocycles. The molecular weight excluding hydrogens is 343 g/mol. The highest BCUT2D eigenvalue weighted by molar-refractivity contribution is 5.78. The molecule has 144 valence electrons. The van der Waals surface area contributed by atoms with Gasteiger partial charge in [0.05, 0.1) is 5.69 Å². The van der Waals surface area contributed by atoms with E-state index in [0.29, 0.717) is 19.3 Å². The number of aryl methyl sites for hydroxylation is 1. The number of carbonyl (C=O) groups is 1. The molecule has 0 aliphatic heterocycles. The zero-order valence-corrected chi connectivity index (χ0v) is 15.4. The van der Waals surface area contributed by atoms with Crippen LogP contribution in [0.25, 0.3) is 11.3 Å². The highest BCUT2D eigenvalue weighted by Crippen LogP contribution is 2.29. The third-order valence-electron chi connectivity index (χ3n) is 3.81. The van der Waals surface area contributed by atoms with Crippen LogP contribution in [0.15, 0.2) is 30.6 Å². The van der Waals surface area contributed by atoms with Gasteiger partial charge in [0.2, 0.25) is 0 Å². The highest BCUT2D eigenvalue weighted by Gasteiger charge is 2.31. The molecule has 0 spiro atoms. The number of rotatable bonds is 7. The fraction of sp³-hybridized carbons (Fsp3) is 0.526. The summed E-state index contributed by atoms with van der Waals surface area (Å²) in [5.41, 5.74) is 3.13. The zero-order chi connectivity index (χ0) is 19.6. The summed E-state index contributed by atoms with van der Waals surface area (Å²) in [6.07, 6.45) is 0.129. The molecule has 2 heterocycles. The molecule has 0 saturated carbocycles. The predicted octanol–water partition coefficient (Wildman–Crippen LogP) is 5.50. The lowest BCUT2D eigenvalue weighted by Crippen LogP contribution is -2.17. The normalized spacial score (nSPS) is 12.2. The van der Waals surface area contributed by atoms with Crippen molar-refractivity contribution in [2.45, 2.75) is 59.1 Å². The molecule has 0 fully saturated rings. The molecule has 2 aromatic rings. The number of ketones is 1. The van der Waals surface area contributed by atoms with Gasteiger partial charge in [-0.3, -0.25) is 14.9 Å². The Morgan fingerprint density at radius 3 is 2.35 bits per heavy atom. The molecule has 0 aliphatic rings. The molecule has 0 amide bonds. The first-order valence-corrected chi connectivity index (χ1v) is 8.76. The van der Waals surface area contributed by atoms with Crippen LogP contribution in [0.1, 0.15) is 51.6 Å². The number of nitrogens with zero attached hydrogens (tertiary/aromatic N) is 2. The van der Waals surface area contributed by atoms with Gasteiger partial charge in [-0.1, -0.05) is 20.3 Å². The molecule has 0 bridgehead atoms. The molecule has 0 aliphatic carbocycles. The Hall–Kier alpha value is -2.18. The quantitative estimate of drug-likeness (QED) is 0.700. The fourth-order valence-electron chi connectivity index (χ4n) is 2.57. The topological polar surface area (TPSA) is 58.6 Å². The smallest absolute Gasteiger partial charge is 0.300 e. The number of aromatic nitrogens is 3. The van der Waals surface area contributed by atoms with Crippen molar-refractivity contribution >= 4 is 5.78 Å². The summed E-state index contributed by atoms with van der Waals surface area (Å²) in [5.74, 6) is -0.597. The van der Waals surface area contributed by atoms with Gasteiger partial charge >= 0.3 is 6.18 Å². The van der Waals surface area contributed by atoms with Crippen molar-refractivity contribution in [1.82, 2.24) is 15.2 Å². The summed E-state index contributed by atoms with van der Waals surface area (Å²) in [6.45, 7) is 5.50. The Labute approximate surface area is 152 Å². The molecule has 0 aromatic carbocycles. The van der Waals surface area contributed by atoms with E-state index in [1.807, 2.05) is 32.0 Å². The molecular formula is C19H26F3N3O. The summed E-state index contributed by atoms with van der Waals surface area (Å²) >= 11 is 0. The van der Waals surface area contributed by atoms with Crippen molar-refractivity contribution in [3.05, 3.63) is 36.3 Å². The van der Waals surface area contributed by atoms with E-state index in [2.05, 4.69) is 15.2 Å². The van der Waals surface area contributed by atoms with Gasteiger partial charge in [-0.05, 0) is 37.5 Å². The van der Waals surface area contributed by atoms with E-state index in [9.17, 15) is 18.0 Å². The molecule has 4 nitrogen and oxygen atoms in total. The summed E-state index contributed by atoms with van der Waals surface area (Å²) < 4.78 is 36.2. The number of pyridine rings is 1. The molecule has 1 unspecified atom stereocenters. The van der Waals surface area contributed by atoms with E-state index < -0.39 is 18.5 Å². The van der Waals surface area contributed by atoms with Crippen LogP contribution in [0.3, 0.4) is 0 Å². The van der Waals surface area contributed by atoms with Crippen LogP contribution in [0.5, 0.6) is 0 Å². The van der Waals surface area contributed by atoms with E-state index in [1.54, 1.807) is 19.3 Å². The highest BCUT2D eigenvalue weighted by atomic mass is 19.4. The van der Waals surface area contributed by atoms with Crippen molar-refractivity contribution in [2.75, 3.05) is 0 Å². The SMILES string of the molecule is CCCC(CC(=O)CC)CC(F)(F)F.Cc1cc(-c2ccncc2)n[nH]1. The minimum Gasteiger partial charge on any atom is -0.300 e. The van der Waals surface area contributed by atoms with E-state index >= 15 is 0 Å². The molecule has 2 rings (SSSR count). The van der Waals surface area contributed by atoms with Gasteiger partial charge in [0.25, 0.3) is 0 Å². The second-order valence-corrected chi connectivity index (χ2v) is 6.24. The number of hydrogen-bond donors (Lipinski definition) is 1. The number of alkyl halides is 3. The lowest BCUT2D eigenvalue weighted by atomic mass is 9.93. The largest absolute Gasteiger partial charge is 0.389 e. The van der Waals surface area contributed by atoms with Gasteiger partial charge in [-0.15, -0.1) is 0 Å². The fourth-order valence-corrected chi connectivity index (χ4v) is 2.57. The number of H-pyrrole nitrogens is 1. The predicted molar refractivity (Wildman–Crippen MR) is 95.5 cm³/mol. The number of nitrogens with one attached hydrogen (secondary N) is 1. The summed E-state index contributed by atoms with van der Waals surface area (Å²) in [7, 11) is 0. The maximum Gasteiger partial charge on any atom is 0.389 e. The number of halogens is 3. The van der Waals surface area contributed by atoms with Gasteiger partial charge in [0.15, 0.2) is 0 Å². The first-order valence-electron chi connectivity index (χ1n) is 8.76. The van der Waals surface area contributed by atoms with E-state index in [1.165, 1.54) is 0 Å². The third kappa shape index (κ3) is 8.78. The van der Waals surface area contributed by atoms with Crippen molar-refractivity contribution in [1.29, 1.82) is 0 Å². The minimum absolute atomic E-state index is 0.0733. The average molecular weight is 369 g/mol. The number of hydrogen-bond acceptors (Lipinski definition) is 3. The van der Waals surface area contributed by atoms with Crippen molar-refractivity contribution < 1.29 is 18.0 Å². The molecule has 0 radical (unpaired) electrons. The Kier molecular flexibility index (Phi) is 9.02.